The number of esters is 1. The Hall–Kier alpha value is -3.94. The van der Waals surface area contributed by atoms with Crippen LogP contribution in [-0.4, -0.2) is 39.3 Å². The number of pyridine rings is 1. The molecule has 0 aliphatic heterocycles. The maximum atomic E-state index is 13.1. The van der Waals surface area contributed by atoms with Gasteiger partial charge in [-0.2, -0.15) is 5.10 Å². The van der Waals surface area contributed by atoms with Crippen molar-refractivity contribution in [1.29, 1.82) is 0 Å². The van der Waals surface area contributed by atoms with Crippen molar-refractivity contribution < 1.29 is 18.7 Å². The largest absolute Gasteiger partial charge is 0.463 e. The van der Waals surface area contributed by atoms with Crippen LogP contribution in [0.4, 0.5) is 5.69 Å². The first kappa shape index (κ1) is 22.3. The van der Waals surface area contributed by atoms with Gasteiger partial charge in [0.05, 0.1) is 23.4 Å². The Morgan fingerprint density at radius 1 is 1.09 bits per heavy atom. The lowest BCUT2D eigenvalue weighted by Gasteiger charge is -2.26. The fourth-order valence-corrected chi connectivity index (χ4v) is 3.71. The third-order valence-electron chi connectivity index (χ3n) is 5.20. The van der Waals surface area contributed by atoms with E-state index in [1.165, 1.54) is 0 Å². The number of carbonyl (C=O) groups excluding carboxylic acids is 2. The topological polar surface area (TPSA) is 90.5 Å². The van der Waals surface area contributed by atoms with E-state index in [1.54, 1.807) is 40.2 Å². The maximum Gasteiger partial charge on any atom is 0.339 e. The lowest BCUT2D eigenvalue weighted by molar-refractivity contribution is -0.122. The quantitative estimate of drug-likeness (QED) is 0.376. The van der Waals surface area contributed by atoms with Crippen molar-refractivity contribution in [2.45, 2.75) is 39.8 Å². The van der Waals surface area contributed by atoms with Crippen LogP contribution in [-0.2, 0) is 9.53 Å². The molecule has 3 aromatic heterocycles. The second-order valence-corrected chi connectivity index (χ2v) is 8.22. The minimum absolute atomic E-state index is 0.0396. The highest BCUT2D eigenvalue weighted by molar-refractivity contribution is 6.05. The normalized spacial score (nSPS) is 11.3. The molecular weight excluding hydrogens is 420 g/mol. The van der Waals surface area contributed by atoms with Crippen molar-refractivity contribution in [2.24, 2.45) is 0 Å². The van der Waals surface area contributed by atoms with Crippen molar-refractivity contribution in [3.8, 4) is 11.5 Å². The van der Waals surface area contributed by atoms with Crippen molar-refractivity contribution in [2.75, 3.05) is 11.5 Å². The number of furan rings is 1. The Bertz CT molecular complexity index is 1260. The number of hydrogen-bond acceptors (Lipinski definition) is 6. The Balaban J connectivity index is 1.63. The standard InChI is InChI=1S/C25H26N4O4/c1-16(2)28(18-9-6-5-7-10-18)23(30)15-33-25(31)19-13-21(22-11-8-12-32-22)27-24-20(19)14-26-29(24)17(3)4/h5-14,16-17H,15H2,1-4H3. The molecule has 0 spiro atoms. The molecule has 0 radical (unpaired) electrons. The first-order chi connectivity index (χ1) is 15.9. The van der Waals surface area contributed by atoms with Gasteiger partial charge in [0.25, 0.3) is 5.91 Å². The number of anilines is 1. The van der Waals surface area contributed by atoms with Gasteiger partial charge in [-0.25, -0.2) is 14.5 Å². The van der Waals surface area contributed by atoms with Crippen LogP contribution in [0.2, 0.25) is 0 Å². The Morgan fingerprint density at radius 3 is 2.48 bits per heavy atom. The first-order valence-corrected chi connectivity index (χ1v) is 10.8. The maximum absolute atomic E-state index is 13.1. The van der Waals surface area contributed by atoms with Gasteiger partial charge < -0.3 is 14.1 Å². The fraction of sp³-hybridized carbons (Fsp3) is 0.280. The van der Waals surface area contributed by atoms with Gasteiger partial charge in [0.15, 0.2) is 18.0 Å². The molecule has 0 bridgehead atoms. The molecule has 8 heteroatoms. The number of fused-ring (bicyclic) bond motifs is 1. The number of carbonyl (C=O) groups is 2. The summed E-state index contributed by atoms with van der Waals surface area (Å²) >= 11 is 0. The summed E-state index contributed by atoms with van der Waals surface area (Å²) in [6.45, 7) is 7.40. The summed E-state index contributed by atoms with van der Waals surface area (Å²) in [6.07, 6.45) is 3.14. The van der Waals surface area contributed by atoms with Crippen LogP contribution < -0.4 is 4.90 Å². The third kappa shape index (κ3) is 4.50. The van der Waals surface area contributed by atoms with Crippen LogP contribution >= 0.6 is 0 Å². The molecule has 1 amide bonds. The average molecular weight is 447 g/mol. The minimum atomic E-state index is -0.622. The molecule has 0 N–H and O–H groups in total. The first-order valence-electron chi connectivity index (χ1n) is 10.8. The van der Waals surface area contributed by atoms with Crippen molar-refractivity contribution in [3.63, 3.8) is 0 Å². The summed E-state index contributed by atoms with van der Waals surface area (Å²) in [5, 5.41) is 4.94. The summed E-state index contributed by atoms with van der Waals surface area (Å²) in [7, 11) is 0. The van der Waals surface area contributed by atoms with Gasteiger partial charge >= 0.3 is 5.97 Å². The van der Waals surface area contributed by atoms with Crippen LogP contribution in [0, 0.1) is 0 Å². The van der Waals surface area contributed by atoms with E-state index in [0.29, 0.717) is 22.5 Å². The number of benzene rings is 1. The van der Waals surface area contributed by atoms with Crippen molar-refractivity contribution in [3.05, 3.63) is 66.6 Å². The molecule has 4 rings (SSSR count). The molecule has 0 unspecified atom stereocenters. The van der Waals surface area contributed by atoms with Crippen LogP contribution in [0.25, 0.3) is 22.5 Å². The molecule has 0 atom stereocenters. The molecular formula is C25H26N4O4. The molecule has 0 fully saturated rings. The molecule has 0 saturated carbocycles. The highest BCUT2D eigenvalue weighted by Gasteiger charge is 2.24. The zero-order valence-corrected chi connectivity index (χ0v) is 19.1. The monoisotopic (exact) mass is 446 g/mol. The summed E-state index contributed by atoms with van der Waals surface area (Å²) in [5.74, 6) is -0.406. The van der Waals surface area contributed by atoms with Gasteiger partial charge in [-0.1, -0.05) is 18.2 Å². The van der Waals surface area contributed by atoms with Crippen LogP contribution in [0.3, 0.4) is 0 Å². The number of ether oxygens (including phenoxy) is 1. The van der Waals surface area contributed by atoms with E-state index in [9.17, 15) is 9.59 Å². The number of rotatable bonds is 7. The predicted octanol–water partition coefficient (Wildman–Crippen LogP) is 4.87. The highest BCUT2D eigenvalue weighted by atomic mass is 16.5. The van der Waals surface area contributed by atoms with Gasteiger partial charge in [0, 0.05) is 17.8 Å². The summed E-state index contributed by atoms with van der Waals surface area (Å²) < 4.78 is 12.7. The molecule has 4 aromatic rings. The van der Waals surface area contributed by atoms with E-state index in [1.807, 2.05) is 58.0 Å². The van der Waals surface area contributed by atoms with Crippen molar-refractivity contribution >= 4 is 28.6 Å². The van der Waals surface area contributed by atoms with E-state index in [2.05, 4.69) is 10.1 Å². The lowest BCUT2D eigenvalue weighted by atomic mass is 10.1. The molecule has 33 heavy (non-hydrogen) atoms. The van der Waals surface area contributed by atoms with E-state index in [-0.39, 0.29) is 30.2 Å². The number of amides is 1. The Kier molecular flexibility index (Phi) is 6.26. The molecule has 1 aromatic carbocycles. The predicted molar refractivity (Wildman–Crippen MR) is 125 cm³/mol. The van der Waals surface area contributed by atoms with Crippen LogP contribution in [0.5, 0.6) is 0 Å². The highest BCUT2D eigenvalue weighted by Crippen LogP contribution is 2.27. The van der Waals surface area contributed by atoms with Gasteiger partial charge in [-0.3, -0.25) is 4.79 Å². The minimum Gasteiger partial charge on any atom is -0.463 e. The fourth-order valence-electron chi connectivity index (χ4n) is 3.71. The number of para-hydroxylation sites is 1. The summed E-state index contributed by atoms with van der Waals surface area (Å²) in [4.78, 5) is 32.3. The van der Waals surface area contributed by atoms with Gasteiger partial charge in [0.1, 0.15) is 5.69 Å². The number of aromatic nitrogens is 3. The Morgan fingerprint density at radius 2 is 1.85 bits per heavy atom. The molecule has 3 heterocycles. The molecule has 0 saturated heterocycles. The van der Waals surface area contributed by atoms with E-state index in [0.717, 1.165) is 5.69 Å². The lowest BCUT2D eigenvalue weighted by Crippen LogP contribution is -2.39. The molecule has 8 nitrogen and oxygen atoms in total. The van der Waals surface area contributed by atoms with E-state index in [4.69, 9.17) is 9.15 Å². The van der Waals surface area contributed by atoms with Crippen LogP contribution in [0.15, 0.2) is 65.4 Å². The molecule has 0 aliphatic carbocycles. The smallest absolute Gasteiger partial charge is 0.339 e. The van der Waals surface area contributed by atoms with Crippen molar-refractivity contribution in [1.82, 2.24) is 14.8 Å². The average Bonchev–Trinajstić information content (AvgIpc) is 3.47. The number of nitrogens with zero attached hydrogens (tertiary/aromatic N) is 4. The van der Waals surface area contributed by atoms with Gasteiger partial charge in [0.2, 0.25) is 0 Å². The molecule has 170 valence electrons. The second-order valence-electron chi connectivity index (χ2n) is 8.22. The van der Waals surface area contributed by atoms with E-state index < -0.39 is 5.97 Å². The SMILES string of the molecule is CC(C)N(C(=O)COC(=O)c1cc(-c2ccco2)nc2c1cnn2C(C)C)c1ccccc1. The summed E-state index contributed by atoms with van der Waals surface area (Å²) in [5.41, 5.74) is 2.06. The van der Waals surface area contributed by atoms with Gasteiger partial charge in [-0.15, -0.1) is 0 Å². The number of hydrogen-bond donors (Lipinski definition) is 0. The third-order valence-corrected chi connectivity index (χ3v) is 5.20. The van der Waals surface area contributed by atoms with E-state index >= 15 is 0 Å². The Labute approximate surface area is 191 Å². The van der Waals surface area contributed by atoms with Gasteiger partial charge in [-0.05, 0) is 58.0 Å². The summed E-state index contributed by atoms with van der Waals surface area (Å²) in [6, 6.07) is 14.4. The zero-order valence-electron chi connectivity index (χ0n) is 19.1. The zero-order chi connectivity index (χ0) is 23.5. The second kappa shape index (κ2) is 9.28. The molecule has 0 aliphatic rings. The van der Waals surface area contributed by atoms with Crippen LogP contribution in [0.1, 0.15) is 44.1 Å².